The lowest BCUT2D eigenvalue weighted by molar-refractivity contribution is -0.0410. The van der Waals surface area contributed by atoms with E-state index in [2.05, 4.69) is 56.9 Å². The maximum absolute atomic E-state index is 6.13. The van der Waals surface area contributed by atoms with Crippen LogP contribution in [0.5, 0.6) is 0 Å². The summed E-state index contributed by atoms with van der Waals surface area (Å²) in [6.07, 6.45) is 3.35. The van der Waals surface area contributed by atoms with E-state index in [0.29, 0.717) is 12.2 Å². The highest BCUT2D eigenvalue weighted by Gasteiger charge is 2.51. The van der Waals surface area contributed by atoms with Crippen molar-refractivity contribution in [3.8, 4) is 0 Å². The molecule has 3 heterocycles. The molecule has 1 aromatic rings. The Bertz CT molecular complexity index is 573. The van der Waals surface area contributed by atoms with E-state index in [-0.39, 0.29) is 18.3 Å². The monoisotopic (exact) mass is 329 g/mol. The molecule has 1 aromatic carbocycles. The van der Waals surface area contributed by atoms with Gasteiger partial charge in [-0.3, -0.25) is 4.90 Å². The van der Waals surface area contributed by atoms with Crippen LogP contribution < -0.4 is 5.46 Å². The summed E-state index contributed by atoms with van der Waals surface area (Å²) in [6, 6.07) is 8.70. The van der Waals surface area contributed by atoms with E-state index in [1.54, 1.807) is 0 Å². The minimum atomic E-state index is -0.288. The van der Waals surface area contributed by atoms with Crippen molar-refractivity contribution in [1.29, 1.82) is 0 Å². The molecule has 2 atom stereocenters. The number of likely N-dealkylation sites (tertiary alicyclic amines) is 1. The fourth-order valence-electron chi connectivity index (χ4n) is 3.85. The van der Waals surface area contributed by atoms with Crippen LogP contribution >= 0.6 is 0 Å². The molecule has 3 fully saturated rings. The van der Waals surface area contributed by atoms with Crippen molar-refractivity contribution in [1.82, 2.24) is 4.90 Å². The quantitative estimate of drug-likeness (QED) is 0.797. The van der Waals surface area contributed by atoms with E-state index in [4.69, 9.17) is 14.0 Å². The van der Waals surface area contributed by atoms with Crippen LogP contribution in [0.1, 0.15) is 46.1 Å². The minimum Gasteiger partial charge on any atom is -0.399 e. The Labute approximate surface area is 145 Å². The van der Waals surface area contributed by atoms with Gasteiger partial charge in [0, 0.05) is 19.6 Å². The van der Waals surface area contributed by atoms with Gasteiger partial charge in [0.25, 0.3) is 0 Å². The van der Waals surface area contributed by atoms with E-state index in [1.807, 2.05) is 0 Å². The van der Waals surface area contributed by atoms with Crippen molar-refractivity contribution < 1.29 is 14.0 Å². The summed E-state index contributed by atoms with van der Waals surface area (Å²) >= 11 is 0. The fourth-order valence-corrected chi connectivity index (χ4v) is 3.85. The number of morpholine rings is 1. The van der Waals surface area contributed by atoms with Gasteiger partial charge in [-0.15, -0.1) is 0 Å². The van der Waals surface area contributed by atoms with E-state index in [0.717, 1.165) is 25.1 Å². The third kappa shape index (κ3) is 3.03. The second-order valence-corrected chi connectivity index (χ2v) is 8.48. The van der Waals surface area contributed by atoms with Crippen LogP contribution in [-0.4, -0.2) is 48.5 Å². The van der Waals surface area contributed by atoms with Gasteiger partial charge in [-0.2, -0.15) is 0 Å². The molecule has 2 unspecified atom stereocenters. The summed E-state index contributed by atoms with van der Waals surface area (Å²) in [6.45, 7) is 11.5. The molecule has 0 N–H and O–H groups in total. The summed E-state index contributed by atoms with van der Waals surface area (Å²) in [5.74, 6) is 0. The third-order valence-electron chi connectivity index (χ3n) is 6.03. The topological polar surface area (TPSA) is 30.9 Å². The summed E-state index contributed by atoms with van der Waals surface area (Å²) in [7, 11) is -0.275. The van der Waals surface area contributed by atoms with Crippen molar-refractivity contribution >= 4 is 12.6 Å². The van der Waals surface area contributed by atoms with Crippen LogP contribution in [-0.2, 0) is 20.6 Å². The summed E-state index contributed by atoms with van der Waals surface area (Å²) in [5, 5.41) is 0. The second kappa shape index (κ2) is 5.84. The first kappa shape index (κ1) is 16.6. The van der Waals surface area contributed by atoms with Gasteiger partial charge >= 0.3 is 7.12 Å². The lowest BCUT2D eigenvalue weighted by Gasteiger charge is -2.32. The normalized spacial score (nSPS) is 31.6. The number of rotatable bonds is 3. The van der Waals surface area contributed by atoms with E-state index in [1.165, 1.54) is 18.4 Å². The number of fused-ring (bicyclic) bond motifs is 2. The number of benzene rings is 1. The minimum absolute atomic E-state index is 0.275. The molecule has 0 radical (unpaired) electrons. The molecule has 4 rings (SSSR count). The molecule has 0 saturated carbocycles. The van der Waals surface area contributed by atoms with Gasteiger partial charge < -0.3 is 14.0 Å². The van der Waals surface area contributed by atoms with Crippen molar-refractivity contribution in [3.05, 3.63) is 29.8 Å². The molecule has 0 aliphatic carbocycles. The Morgan fingerprint density at radius 2 is 1.50 bits per heavy atom. The molecule has 0 aromatic heterocycles. The van der Waals surface area contributed by atoms with Crippen LogP contribution in [0.15, 0.2) is 24.3 Å². The molecular weight excluding hydrogens is 301 g/mol. The van der Waals surface area contributed by atoms with Crippen molar-refractivity contribution in [3.63, 3.8) is 0 Å². The van der Waals surface area contributed by atoms with E-state index < -0.39 is 0 Å². The molecule has 0 spiro atoms. The molecular formula is C19H28BNO3. The Hall–Kier alpha value is -0.875. The average molecular weight is 329 g/mol. The molecule has 3 aliphatic rings. The van der Waals surface area contributed by atoms with Crippen LogP contribution in [0.25, 0.3) is 0 Å². The molecule has 130 valence electrons. The molecule has 2 bridgehead atoms. The van der Waals surface area contributed by atoms with Gasteiger partial charge in [-0.1, -0.05) is 24.3 Å². The maximum Gasteiger partial charge on any atom is 0.494 e. The van der Waals surface area contributed by atoms with Crippen molar-refractivity contribution in [2.75, 3.05) is 13.1 Å². The molecule has 3 saturated heterocycles. The molecule has 4 nitrogen and oxygen atoms in total. The lowest BCUT2D eigenvalue weighted by Crippen LogP contribution is -2.42. The van der Waals surface area contributed by atoms with E-state index in [9.17, 15) is 0 Å². The summed E-state index contributed by atoms with van der Waals surface area (Å²) in [5.41, 5.74) is 1.86. The zero-order valence-electron chi connectivity index (χ0n) is 15.2. The first-order valence-electron chi connectivity index (χ1n) is 9.15. The zero-order chi connectivity index (χ0) is 16.9. The smallest absolute Gasteiger partial charge is 0.399 e. The molecule has 24 heavy (non-hydrogen) atoms. The number of hydrogen-bond acceptors (Lipinski definition) is 4. The first-order chi connectivity index (χ1) is 11.3. The largest absolute Gasteiger partial charge is 0.494 e. The van der Waals surface area contributed by atoms with Crippen LogP contribution in [0.2, 0.25) is 0 Å². The van der Waals surface area contributed by atoms with Crippen molar-refractivity contribution in [2.45, 2.75) is 70.5 Å². The third-order valence-corrected chi connectivity index (χ3v) is 6.03. The highest BCUT2D eigenvalue weighted by atomic mass is 16.7. The first-order valence-corrected chi connectivity index (χ1v) is 9.15. The zero-order valence-corrected chi connectivity index (χ0v) is 15.2. The van der Waals surface area contributed by atoms with Gasteiger partial charge in [-0.05, 0) is 51.6 Å². The number of ether oxygens (including phenoxy) is 1. The Morgan fingerprint density at radius 1 is 0.958 bits per heavy atom. The fraction of sp³-hybridized carbons (Fsp3) is 0.684. The van der Waals surface area contributed by atoms with Gasteiger partial charge in [-0.25, -0.2) is 0 Å². The van der Waals surface area contributed by atoms with Gasteiger partial charge in [0.1, 0.15) is 0 Å². The standard InChI is InChI=1S/C19H28BNO3/c1-18(2)19(3,4)24-20(23-18)15-7-5-14(6-8-15)11-21-12-16-9-10-17(13-21)22-16/h5-8,16-17H,9-13H2,1-4H3. The van der Waals surface area contributed by atoms with Crippen LogP contribution in [0.4, 0.5) is 0 Å². The SMILES string of the molecule is CC1(C)OB(c2ccc(CN3CC4CCC(C3)O4)cc2)OC1(C)C. The summed E-state index contributed by atoms with van der Waals surface area (Å²) in [4.78, 5) is 2.52. The number of hydrogen-bond donors (Lipinski definition) is 0. The maximum atomic E-state index is 6.13. The van der Waals surface area contributed by atoms with Gasteiger partial charge in [0.15, 0.2) is 0 Å². The van der Waals surface area contributed by atoms with Crippen LogP contribution in [0.3, 0.4) is 0 Å². The van der Waals surface area contributed by atoms with Gasteiger partial charge in [0.2, 0.25) is 0 Å². The Kier molecular flexibility index (Phi) is 4.03. The molecule has 3 aliphatic heterocycles. The predicted molar refractivity (Wildman–Crippen MR) is 95.3 cm³/mol. The van der Waals surface area contributed by atoms with Crippen molar-refractivity contribution in [2.24, 2.45) is 0 Å². The van der Waals surface area contributed by atoms with E-state index >= 15 is 0 Å². The Morgan fingerprint density at radius 3 is 2.04 bits per heavy atom. The molecule has 0 amide bonds. The Balaban J connectivity index is 1.40. The summed E-state index contributed by atoms with van der Waals surface area (Å²) < 4.78 is 18.2. The predicted octanol–water partition coefficient (Wildman–Crippen LogP) is 2.35. The lowest BCUT2D eigenvalue weighted by atomic mass is 9.79. The van der Waals surface area contributed by atoms with Crippen LogP contribution in [0, 0.1) is 0 Å². The highest BCUT2D eigenvalue weighted by molar-refractivity contribution is 6.62. The average Bonchev–Trinajstić information content (AvgIpc) is 2.96. The van der Waals surface area contributed by atoms with Gasteiger partial charge in [0.05, 0.1) is 23.4 Å². The molecule has 5 heteroatoms. The second-order valence-electron chi connectivity index (χ2n) is 8.48. The highest BCUT2D eigenvalue weighted by Crippen LogP contribution is 2.36. The number of nitrogens with zero attached hydrogens (tertiary/aromatic N) is 1.